The summed E-state index contributed by atoms with van der Waals surface area (Å²) < 4.78 is 5.53. The zero-order valence-electron chi connectivity index (χ0n) is 8.90. The standard InChI is InChI=1S/C13H9ClO2S/c14-10-5-7-17-13(10)11(15)9-3-1-2-8-4-6-16-12(8)9/h1-3,5,7H,4,6H2. The van der Waals surface area contributed by atoms with Crippen LogP contribution in [0.4, 0.5) is 0 Å². The van der Waals surface area contributed by atoms with Crippen molar-refractivity contribution < 1.29 is 9.53 Å². The highest BCUT2D eigenvalue weighted by molar-refractivity contribution is 7.13. The van der Waals surface area contributed by atoms with E-state index in [1.807, 2.05) is 17.5 Å². The molecule has 3 rings (SSSR count). The van der Waals surface area contributed by atoms with E-state index in [9.17, 15) is 4.79 Å². The molecule has 0 aliphatic carbocycles. The van der Waals surface area contributed by atoms with E-state index in [1.165, 1.54) is 11.3 Å². The van der Waals surface area contributed by atoms with Crippen molar-refractivity contribution in [3.05, 3.63) is 50.7 Å². The molecule has 1 aromatic carbocycles. The van der Waals surface area contributed by atoms with Gasteiger partial charge in [-0.3, -0.25) is 4.79 Å². The van der Waals surface area contributed by atoms with Crippen LogP contribution in [0.5, 0.6) is 5.75 Å². The van der Waals surface area contributed by atoms with Gasteiger partial charge in [-0.05, 0) is 23.1 Å². The number of ketones is 1. The molecule has 0 bridgehead atoms. The van der Waals surface area contributed by atoms with Gasteiger partial charge in [-0.1, -0.05) is 23.7 Å². The molecule has 17 heavy (non-hydrogen) atoms. The summed E-state index contributed by atoms with van der Waals surface area (Å²) >= 11 is 7.35. The molecular formula is C13H9ClO2S. The summed E-state index contributed by atoms with van der Waals surface area (Å²) in [6.07, 6.45) is 0.870. The molecule has 1 aliphatic heterocycles. The van der Waals surface area contributed by atoms with Crippen LogP contribution < -0.4 is 4.74 Å². The predicted molar refractivity (Wildman–Crippen MR) is 68.4 cm³/mol. The third kappa shape index (κ3) is 1.75. The first-order chi connectivity index (χ1) is 8.27. The van der Waals surface area contributed by atoms with E-state index in [2.05, 4.69) is 0 Å². The summed E-state index contributed by atoms with van der Waals surface area (Å²) in [6, 6.07) is 7.42. The third-order valence-electron chi connectivity index (χ3n) is 2.78. The highest BCUT2D eigenvalue weighted by atomic mass is 35.5. The Kier molecular flexibility index (Phi) is 2.65. The monoisotopic (exact) mass is 264 g/mol. The molecule has 2 heterocycles. The van der Waals surface area contributed by atoms with Crippen molar-refractivity contribution in [1.82, 2.24) is 0 Å². The largest absolute Gasteiger partial charge is 0.492 e. The third-order valence-corrected chi connectivity index (χ3v) is 4.12. The second-order valence-electron chi connectivity index (χ2n) is 3.82. The van der Waals surface area contributed by atoms with E-state index in [0.717, 1.165) is 17.7 Å². The quantitative estimate of drug-likeness (QED) is 0.775. The van der Waals surface area contributed by atoms with Gasteiger partial charge in [-0.2, -0.15) is 0 Å². The first kappa shape index (κ1) is 10.8. The van der Waals surface area contributed by atoms with Crippen molar-refractivity contribution in [2.24, 2.45) is 0 Å². The predicted octanol–water partition coefficient (Wildman–Crippen LogP) is 3.57. The summed E-state index contributed by atoms with van der Waals surface area (Å²) in [5.41, 5.74) is 1.72. The maximum absolute atomic E-state index is 12.3. The van der Waals surface area contributed by atoms with Gasteiger partial charge in [-0.15, -0.1) is 11.3 Å². The number of carbonyl (C=O) groups is 1. The molecule has 0 radical (unpaired) electrons. The van der Waals surface area contributed by atoms with Crippen LogP contribution in [0.2, 0.25) is 5.02 Å². The Morgan fingerprint density at radius 3 is 3.00 bits per heavy atom. The fraction of sp³-hybridized carbons (Fsp3) is 0.154. The van der Waals surface area contributed by atoms with Crippen LogP contribution in [0.3, 0.4) is 0 Å². The van der Waals surface area contributed by atoms with Crippen molar-refractivity contribution in [3.8, 4) is 5.75 Å². The molecule has 1 aromatic heterocycles. The molecule has 0 spiro atoms. The molecule has 0 saturated carbocycles. The molecule has 1 aliphatic rings. The molecule has 0 unspecified atom stereocenters. The number of benzene rings is 1. The molecule has 0 saturated heterocycles. The van der Waals surface area contributed by atoms with Gasteiger partial charge < -0.3 is 4.74 Å². The van der Waals surface area contributed by atoms with Gasteiger partial charge in [0.15, 0.2) is 0 Å². The van der Waals surface area contributed by atoms with Crippen molar-refractivity contribution >= 4 is 28.7 Å². The Hall–Kier alpha value is -1.32. The van der Waals surface area contributed by atoms with Gasteiger partial charge in [0, 0.05) is 6.42 Å². The number of thiophene rings is 1. The molecule has 2 nitrogen and oxygen atoms in total. The van der Waals surface area contributed by atoms with Crippen LogP contribution in [-0.2, 0) is 6.42 Å². The summed E-state index contributed by atoms with van der Waals surface area (Å²) in [5.74, 6) is 0.672. The average Bonchev–Trinajstić information content (AvgIpc) is 2.95. The maximum Gasteiger partial charge on any atom is 0.208 e. The van der Waals surface area contributed by atoms with Crippen molar-refractivity contribution in [3.63, 3.8) is 0 Å². The van der Waals surface area contributed by atoms with Gasteiger partial charge in [0.05, 0.1) is 22.1 Å². The molecule has 0 atom stereocenters. The smallest absolute Gasteiger partial charge is 0.208 e. The minimum atomic E-state index is -0.0521. The number of hydrogen-bond donors (Lipinski definition) is 0. The van der Waals surface area contributed by atoms with E-state index >= 15 is 0 Å². The van der Waals surface area contributed by atoms with Gasteiger partial charge in [-0.25, -0.2) is 0 Å². The minimum absolute atomic E-state index is 0.0521. The van der Waals surface area contributed by atoms with Crippen LogP contribution in [0.15, 0.2) is 29.6 Å². The molecule has 0 N–H and O–H groups in total. The van der Waals surface area contributed by atoms with Crippen LogP contribution in [0.1, 0.15) is 20.8 Å². The molecule has 0 fully saturated rings. The molecule has 2 aromatic rings. The van der Waals surface area contributed by atoms with Gasteiger partial charge in [0.2, 0.25) is 5.78 Å². The fourth-order valence-electron chi connectivity index (χ4n) is 1.97. The molecule has 86 valence electrons. The summed E-state index contributed by atoms with van der Waals surface area (Å²) in [6.45, 7) is 0.651. The number of rotatable bonds is 2. The zero-order valence-corrected chi connectivity index (χ0v) is 10.5. The molecule has 0 amide bonds. The first-order valence-corrected chi connectivity index (χ1v) is 6.55. The lowest BCUT2D eigenvalue weighted by Gasteiger charge is -2.05. The number of hydrogen-bond acceptors (Lipinski definition) is 3. The van der Waals surface area contributed by atoms with Gasteiger partial charge >= 0.3 is 0 Å². The highest BCUT2D eigenvalue weighted by Gasteiger charge is 2.23. The normalized spacial score (nSPS) is 13.2. The maximum atomic E-state index is 12.3. The Bertz CT molecular complexity index is 589. The van der Waals surface area contributed by atoms with E-state index in [1.54, 1.807) is 12.1 Å². The lowest BCUT2D eigenvalue weighted by Crippen LogP contribution is -2.02. The number of fused-ring (bicyclic) bond motifs is 1. The van der Waals surface area contributed by atoms with Crippen LogP contribution in [0.25, 0.3) is 0 Å². The molecule has 4 heteroatoms. The number of carbonyl (C=O) groups excluding carboxylic acids is 1. The van der Waals surface area contributed by atoms with Crippen molar-refractivity contribution in [2.45, 2.75) is 6.42 Å². The number of para-hydroxylation sites is 1. The number of halogens is 1. The summed E-state index contributed by atoms with van der Waals surface area (Å²) in [5, 5.41) is 2.33. The van der Waals surface area contributed by atoms with Crippen LogP contribution >= 0.6 is 22.9 Å². The first-order valence-electron chi connectivity index (χ1n) is 5.30. The minimum Gasteiger partial charge on any atom is -0.492 e. The second-order valence-corrected chi connectivity index (χ2v) is 5.14. The van der Waals surface area contributed by atoms with Crippen molar-refractivity contribution in [2.75, 3.05) is 6.61 Å². The number of ether oxygens (including phenoxy) is 1. The van der Waals surface area contributed by atoms with Crippen LogP contribution in [-0.4, -0.2) is 12.4 Å². The fourth-order valence-corrected chi connectivity index (χ4v) is 3.07. The molecular weight excluding hydrogens is 256 g/mol. The summed E-state index contributed by atoms with van der Waals surface area (Å²) in [7, 11) is 0. The van der Waals surface area contributed by atoms with Crippen molar-refractivity contribution in [1.29, 1.82) is 0 Å². The Morgan fingerprint density at radius 2 is 2.24 bits per heavy atom. The van der Waals surface area contributed by atoms with E-state index in [4.69, 9.17) is 16.3 Å². The van der Waals surface area contributed by atoms with E-state index < -0.39 is 0 Å². The van der Waals surface area contributed by atoms with Gasteiger partial charge in [0.25, 0.3) is 0 Å². The van der Waals surface area contributed by atoms with E-state index in [0.29, 0.717) is 22.1 Å². The Morgan fingerprint density at radius 1 is 1.35 bits per heavy atom. The Balaban J connectivity index is 2.09. The second kappa shape index (κ2) is 4.17. The van der Waals surface area contributed by atoms with E-state index in [-0.39, 0.29) is 5.78 Å². The lowest BCUT2D eigenvalue weighted by atomic mass is 10.0. The SMILES string of the molecule is O=C(c1cccc2c1OCC2)c1sccc1Cl. The van der Waals surface area contributed by atoms with Gasteiger partial charge in [0.1, 0.15) is 5.75 Å². The highest BCUT2D eigenvalue weighted by Crippen LogP contribution is 2.33. The lowest BCUT2D eigenvalue weighted by molar-refractivity contribution is 0.103. The summed E-state index contributed by atoms with van der Waals surface area (Å²) in [4.78, 5) is 12.9. The van der Waals surface area contributed by atoms with Crippen LogP contribution in [0, 0.1) is 0 Å². The topological polar surface area (TPSA) is 26.3 Å². The average molecular weight is 265 g/mol. The Labute approximate surface area is 108 Å². The zero-order chi connectivity index (χ0) is 11.8.